The zero-order valence-electron chi connectivity index (χ0n) is 12.6. The van der Waals surface area contributed by atoms with Crippen molar-refractivity contribution in [3.05, 3.63) is 0 Å². The van der Waals surface area contributed by atoms with Gasteiger partial charge in [0.2, 0.25) is 0 Å². The molecule has 0 atom stereocenters. The topological polar surface area (TPSA) is 87.2 Å². The number of hydrogen-bond donors (Lipinski definition) is 1. The van der Waals surface area contributed by atoms with Crippen LogP contribution in [0.1, 0.15) is 34.1 Å². The molecule has 0 bridgehead atoms. The molecule has 0 aromatic rings. The number of hydrogen-bond acceptors (Lipinski definition) is 4. The smallest absolute Gasteiger partial charge is 0.325 e. The van der Waals surface area contributed by atoms with E-state index in [9.17, 15) is 14.4 Å². The van der Waals surface area contributed by atoms with Crippen molar-refractivity contribution in [1.82, 2.24) is 9.80 Å². The average Bonchev–Trinajstić information content (AvgIpc) is 2.36. The fourth-order valence-electron chi connectivity index (χ4n) is 1.62. The number of carboxylic acids is 1. The quantitative estimate of drug-likeness (QED) is 0.678. The van der Waals surface area contributed by atoms with Gasteiger partial charge in [-0.3, -0.25) is 9.59 Å². The highest BCUT2D eigenvalue weighted by Gasteiger charge is 2.25. The number of carbonyl (C=O) groups excluding carboxylic acids is 2. The van der Waals surface area contributed by atoms with E-state index in [1.165, 1.54) is 9.80 Å². The fourth-order valence-corrected chi connectivity index (χ4v) is 1.62. The van der Waals surface area contributed by atoms with Crippen LogP contribution >= 0.6 is 0 Å². The SMILES string of the molecule is CCOC(=O)CN(C(=O)N(CC)CCC(=O)O)C(C)C. The van der Waals surface area contributed by atoms with Crippen molar-refractivity contribution in [2.24, 2.45) is 0 Å². The van der Waals surface area contributed by atoms with E-state index in [-0.39, 0.29) is 38.2 Å². The molecule has 2 amide bonds. The minimum atomic E-state index is -0.960. The van der Waals surface area contributed by atoms with Crippen molar-refractivity contribution in [3.63, 3.8) is 0 Å². The highest BCUT2D eigenvalue weighted by Crippen LogP contribution is 2.06. The van der Waals surface area contributed by atoms with E-state index in [2.05, 4.69) is 0 Å². The molecular formula is C13H24N2O5. The summed E-state index contributed by atoms with van der Waals surface area (Å²) in [5.41, 5.74) is 0. The van der Waals surface area contributed by atoms with Crippen molar-refractivity contribution < 1.29 is 24.2 Å². The summed E-state index contributed by atoms with van der Waals surface area (Å²) in [6.07, 6.45) is -0.120. The first-order chi connectivity index (χ1) is 9.33. The summed E-state index contributed by atoms with van der Waals surface area (Å²) in [6, 6.07) is -0.525. The Bertz CT molecular complexity index is 344. The highest BCUT2D eigenvalue weighted by atomic mass is 16.5. The first-order valence-corrected chi connectivity index (χ1v) is 6.76. The summed E-state index contributed by atoms with van der Waals surface area (Å²) >= 11 is 0. The Kier molecular flexibility index (Phi) is 8.35. The molecule has 0 aliphatic heterocycles. The number of ether oxygens (including phenoxy) is 1. The molecule has 0 spiro atoms. The standard InChI is InChI=1S/C13H24N2O5/c1-5-14(8-7-11(16)17)13(19)15(10(3)4)9-12(18)20-6-2/h10H,5-9H2,1-4H3,(H,16,17). The van der Waals surface area contributed by atoms with Crippen LogP contribution in [0.15, 0.2) is 0 Å². The maximum atomic E-state index is 12.3. The van der Waals surface area contributed by atoms with E-state index >= 15 is 0 Å². The minimum absolute atomic E-state index is 0.120. The van der Waals surface area contributed by atoms with Gasteiger partial charge < -0.3 is 19.6 Å². The average molecular weight is 288 g/mol. The van der Waals surface area contributed by atoms with E-state index in [1.807, 2.05) is 0 Å². The van der Waals surface area contributed by atoms with Crippen LogP contribution < -0.4 is 0 Å². The Morgan fingerprint density at radius 2 is 1.80 bits per heavy atom. The van der Waals surface area contributed by atoms with E-state index in [0.717, 1.165) is 0 Å². The van der Waals surface area contributed by atoms with E-state index in [4.69, 9.17) is 9.84 Å². The monoisotopic (exact) mass is 288 g/mol. The molecule has 0 heterocycles. The number of amides is 2. The van der Waals surface area contributed by atoms with Crippen molar-refractivity contribution in [2.45, 2.75) is 40.2 Å². The second-order valence-corrected chi connectivity index (χ2v) is 4.53. The Morgan fingerprint density at radius 3 is 2.20 bits per heavy atom. The number of carboxylic acid groups (broad SMARTS) is 1. The van der Waals surface area contributed by atoms with E-state index in [0.29, 0.717) is 6.54 Å². The first kappa shape index (κ1) is 18.2. The Balaban J connectivity index is 4.74. The van der Waals surface area contributed by atoms with Gasteiger partial charge in [0, 0.05) is 19.1 Å². The van der Waals surface area contributed by atoms with Crippen molar-refractivity contribution in [3.8, 4) is 0 Å². The molecule has 0 aromatic heterocycles. The van der Waals surface area contributed by atoms with Gasteiger partial charge in [0.05, 0.1) is 13.0 Å². The van der Waals surface area contributed by atoms with Crippen LogP contribution in [0.2, 0.25) is 0 Å². The van der Waals surface area contributed by atoms with Gasteiger partial charge >= 0.3 is 18.0 Å². The lowest BCUT2D eigenvalue weighted by Crippen LogP contribution is -2.49. The van der Waals surface area contributed by atoms with Crippen LogP contribution in [0.3, 0.4) is 0 Å². The molecule has 0 fully saturated rings. The van der Waals surface area contributed by atoms with E-state index < -0.39 is 11.9 Å². The zero-order chi connectivity index (χ0) is 15.7. The summed E-state index contributed by atoms with van der Waals surface area (Å²) in [6.45, 7) is 7.69. The van der Waals surface area contributed by atoms with Crippen LogP contribution in [-0.4, -0.2) is 65.2 Å². The molecule has 0 aliphatic rings. The molecular weight excluding hydrogens is 264 g/mol. The van der Waals surface area contributed by atoms with Crippen molar-refractivity contribution in [2.75, 3.05) is 26.2 Å². The predicted octanol–water partition coefficient (Wildman–Crippen LogP) is 1.18. The summed E-state index contributed by atoms with van der Waals surface area (Å²) in [7, 11) is 0. The summed E-state index contributed by atoms with van der Waals surface area (Å²) in [5, 5.41) is 8.68. The number of esters is 1. The van der Waals surface area contributed by atoms with Crippen LogP contribution in [0, 0.1) is 0 Å². The second kappa shape index (κ2) is 9.17. The van der Waals surface area contributed by atoms with Gasteiger partial charge in [-0.1, -0.05) is 0 Å². The van der Waals surface area contributed by atoms with Gasteiger partial charge in [-0.2, -0.15) is 0 Å². The van der Waals surface area contributed by atoms with E-state index in [1.54, 1.807) is 27.7 Å². The van der Waals surface area contributed by atoms with Gasteiger partial charge in [-0.15, -0.1) is 0 Å². The van der Waals surface area contributed by atoms with Gasteiger partial charge in [0.25, 0.3) is 0 Å². The molecule has 0 aromatic carbocycles. The lowest BCUT2D eigenvalue weighted by Gasteiger charge is -2.31. The Morgan fingerprint density at radius 1 is 1.20 bits per heavy atom. The predicted molar refractivity (Wildman–Crippen MR) is 73.4 cm³/mol. The fraction of sp³-hybridized carbons (Fsp3) is 0.769. The summed E-state index contributed by atoms with van der Waals surface area (Å²) in [4.78, 5) is 37.2. The summed E-state index contributed by atoms with van der Waals surface area (Å²) in [5.74, 6) is -1.43. The first-order valence-electron chi connectivity index (χ1n) is 6.76. The van der Waals surface area contributed by atoms with Crippen LogP contribution in [0.4, 0.5) is 4.79 Å². The zero-order valence-corrected chi connectivity index (χ0v) is 12.6. The molecule has 7 nitrogen and oxygen atoms in total. The lowest BCUT2D eigenvalue weighted by molar-refractivity contribution is -0.144. The van der Waals surface area contributed by atoms with Crippen molar-refractivity contribution in [1.29, 1.82) is 0 Å². The molecule has 0 saturated carbocycles. The van der Waals surface area contributed by atoms with Crippen LogP contribution in [-0.2, 0) is 14.3 Å². The number of urea groups is 1. The Labute approximate surface area is 119 Å². The normalized spacial score (nSPS) is 10.2. The van der Waals surface area contributed by atoms with Gasteiger partial charge in [-0.05, 0) is 27.7 Å². The molecule has 116 valence electrons. The van der Waals surface area contributed by atoms with Crippen molar-refractivity contribution >= 4 is 18.0 Å². The highest BCUT2D eigenvalue weighted by molar-refractivity contribution is 5.81. The maximum absolute atomic E-state index is 12.3. The Hall–Kier alpha value is -1.79. The van der Waals surface area contributed by atoms with Gasteiger partial charge in [0.15, 0.2) is 0 Å². The van der Waals surface area contributed by atoms with Gasteiger partial charge in [0.1, 0.15) is 6.54 Å². The lowest BCUT2D eigenvalue weighted by atomic mass is 10.3. The molecule has 0 aliphatic carbocycles. The molecule has 0 rings (SSSR count). The number of rotatable bonds is 8. The minimum Gasteiger partial charge on any atom is -0.481 e. The maximum Gasteiger partial charge on any atom is 0.325 e. The largest absolute Gasteiger partial charge is 0.481 e. The number of nitrogens with zero attached hydrogens (tertiary/aromatic N) is 2. The molecule has 7 heteroatoms. The third-order valence-electron chi connectivity index (χ3n) is 2.72. The molecule has 1 N–H and O–H groups in total. The molecule has 0 unspecified atom stereocenters. The second-order valence-electron chi connectivity index (χ2n) is 4.53. The van der Waals surface area contributed by atoms with Crippen LogP contribution in [0.25, 0.3) is 0 Å². The number of aliphatic carboxylic acids is 1. The van der Waals surface area contributed by atoms with Gasteiger partial charge in [-0.25, -0.2) is 4.79 Å². The molecule has 0 saturated heterocycles. The third-order valence-corrected chi connectivity index (χ3v) is 2.72. The summed E-state index contributed by atoms with van der Waals surface area (Å²) < 4.78 is 4.84. The van der Waals surface area contributed by atoms with Crippen LogP contribution in [0.5, 0.6) is 0 Å². The molecule has 0 radical (unpaired) electrons. The third kappa shape index (κ3) is 6.40. The molecule has 20 heavy (non-hydrogen) atoms. The number of carbonyl (C=O) groups is 3.